The Morgan fingerprint density at radius 2 is 2.27 bits per heavy atom. The predicted molar refractivity (Wildman–Crippen MR) is 51.5 cm³/mol. The van der Waals surface area contributed by atoms with Gasteiger partial charge in [0.2, 0.25) is 0 Å². The maximum absolute atomic E-state index is 13.4. The first kappa shape index (κ1) is 9.69. The molecule has 1 aromatic heterocycles. The van der Waals surface area contributed by atoms with E-state index in [9.17, 15) is 4.39 Å². The minimum absolute atomic E-state index is 0.115. The molecule has 0 aliphatic heterocycles. The van der Waals surface area contributed by atoms with Crippen LogP contribution in [0.15, 0.2) is 16.5 Å². The van der Waals surface area contributed by atoms with E-state index in [1.807, 2.05) is 0 Å². The largest absolute Gasteiger partial charge is 0.460 e. The molecule has 0 spiro atoms. The number of benzene rings is 1. The molecule has 0 unspecified atom stereocenters. The Balaban J connectivity index is 2.93. The van der Waals surface area contributed by atoms with Gasteiger partial charge in [0.25, 0.3) is 0 Å². The van der Waals surface area contributed by atoms with E-state index in [1.54, 1.807) is 19.1 Å². The van der Waals surface area contributed by atoms with Crippen LogP contribution >= 0.6 is 0 Å². The highest BCUT2D eigenvalue weighted by atomic mass is 19.1. The Morgan fingerprint density at radius 1 is 1.53 bits per heavy atom. The highest BCUT2D eigenvalue weighted by Crippen LogP contribution is 2.28. The molecule has 3 nitrogen and oxygen atoms in total. The van der Waals surface area contributed by atoms with Crippen molar-refractivity contribution < 1.29 is 13.9 Å². The first-order valence-electron chi connectivity index (χ1n) is 4.40. The smallest absolute Gasteiger partial charge is 0.155 e. The maximum atomic E-state index is 13.4. The number of aliphatic hydroxyl groups excluding tert-OH is 1. The van der Waals surface area contributed by atoms with Crippen LogP contribution in [0.5, 0.6) is 0 Å². The summed E-state index contributed by atoms with van der Waals surface area (Å²) in [7, 11) is 0. The third-order valence-corrected chi connectivity index (χ3v) is 2.25. The summed E-state index contributed by atoms with van der Waals surface area (Å²) in [4.78, 5) is 0. The molecule has 1 N–H and O–H groups in total. The SMILES string of the molecule is Cc1cc2c(CO)cc(F)c(C#N)c2o1. The van der Waals surface area contributed by atoms with Gasteiger partial charge in [-0.05, 0) is 24.6 Å². The van der Waals surface area contributed by atoms with Gasteiger partial charge in [-0.2, -0.15) is 5.26 Å². The van der Waals surface area contributed by atoms with Crippen LogP contribution in [0.1, 0.15) is 16.9 Å². The molecule has 0 fully saturated rings. The van der Waals surface area contributed by atoms with Gasteiger partial charge in [0.15, 0.2) is 5.58 Å². The summed E-state index contributed by atoms with van der Waals surface area (Å²) < 4.78 is 18.6. The van der Waals surface area contributed by atoms with Crippen molar-refractivity contribution in [3.8, 4) is 6.07 Å². The van der Waals surface area contributed by atoms with Gasteiger partial charge in [-0.3, -0.25) is 0 Å². The van der Waals surface area contributed by atoms with Crippen molar-refractivity contribution in [2.45, 2.75) is 13.5 Å². The molecule has 0 aliphatic rings. The average Bonchev–Trinajstić information content (AvgIpc) is 2.58. The molecule has 1 heterocycles. The van der Waals surface area contributed by atoms with E-state index >= 15 is 0 Å². The fourth-order valence-electron chi connectivity index (χ4n) is 1.58. The van der Waals surface area contributed by atoms with Crippen LogP contribution in [0.2, 0.25) is 0 Å². The first-order chi connectivity index (χ1) is 7.17. The second-order valence-corrected chi connectivity index (χ2v) is 3.26. The van der Waals surface area contributed by atoms with Crippen molar-refractivity contribution in [3.05, 3.63) is 34.8 Å². The van der Waals surface area contributed by atoms with Crippen LogP contribution in [-0.2, 0) is 6.61 Å². The number of hydrogen-bond acceptors (Lipinski definition) is 3. The zero-order valence-electron chi connectivity index (χ0n) is 8.04. The molecule has 0 bridgehead atoms. The van der Waals surface area contributed by atoms with Gasteiger partial charge >= 0.3 is 0 Å². The van der Waals surface area contributed by atoms with E-state index in [0.29, 0.717) is 16.7 Å². The normalized spacial score (nSPS) is 10.5. The molecule has 0 amide bonds. The lowest BCUT2D eigenvalue weighted by Gasteiger charge is -2.00. The average molecular weight is 205 g/mol. The molecular weight excluding hydrogens is 197 g/mol. The zero-order chi connectivity index (χ0) is 11.0. The Morgan fingerprint density at radius 3 is 2.87 bits per heavy atom. The number of hydrogen-bond donors (Lipinski definition) is 1. The van der Waals surface area contributed by atoms with Crippen LogP contribution in [0.4, 0.5) is 4.39 Å². The van der Waals surface area contributed by atoms with Crippen molar-refractivity contribution in [3.63, 3.8) is 0 Å². The highest BCUT2D eigenvalue weighted by Gasteiger charge is 2.15. The Kier molecular flexibility index (Phi) is 2.18. The van der Waals surface area contributed by atoms with E-state index in [4.69, 9.17) is 14.8 Å². The molecule has 0 atom stereocenters. The second kappa shape index (κ2) is 3.37. The lowest BCUT2D eigenvalue weighted by Crippen LogP contribution is -1.91. The zero-order valence-corrected chi connectivity index (χ0v) is 8.04. The number of furan rings is 1. The molecule has 0 saturated carbocycles. The van der Waals surface area contributed by atoms with Gasteiger partial charge in [-0.15, -0.1) is 0 Å². The number of aliphatic hydroxyl groups is 1. The summed E-state index contributed by atoms with van der Waals surface area (Å²) in [6.45, 7) is 1.43. The molecule has 2 rings (SSSR count). The molecule has 0 aliphatic carbocycles. The van der Waals surface area contributed by atoms with Crippen molar-refractivity contribution in [1.29, 1.82) is 5.26 Å². The second-order valence-electron chi connectivity index (χ2n) is 3.26. The van der Waals surface area contributed by atoms with Crippen LogP contribution in [0.25, 0.3) is 11.0 Å². The quantitative estimate of drug-likeness (QED) is 0.776. The number of halogens is 1. The molecule has 76 valence electrons. The van der Waals surface area contributed by atoms with E-state index in [-0.39, 0.29) is 17.8 Å². The van der Waals surface area contributed by atoms with E-state index in [1.165, 1.54) is 0 Å². The molecule has 15 heavy (non-hydrogen) atoms. The summed E-state index contributed by atoms with van der Waals surface area (Å²) in [5.41, 5.74) is 0.521. The third kappa shape index (κ3) is 1.37. The van der Waals surface area contributed by atoms with Gasteiger partial charge in [-0.1, -0.05) is 0 Å². The fourth-order valence-corrected chi connectivity index (χ4v) is 1.58. The van der Waals surface area contributed by atoms with Gasteiger partial charge < -0.3 is 9.52 Å². The topological polar surface area (TPSA) is 57.2 Å². The van der Waals surface area contributed by atoms with Crippen LogP contribution < -0.4 is 0 Å². The van der Waals surface area contributed by atoms with Gasteiger partial charge in [0.05, 0.1) is 6.61 Å². The van der Waals surface area contributed by atoms with Crippen molar-refractivity contribution in [1.82, 2.24) is 0 Å². The van der Waals surface area contributed by atoms with Crippen molar-refractivity contribution in [2.24, 2.45) is 0 Å². The Labute approximate surface area is 85.4 Å². The van der Waals surface area contributed by atoms with Gasteiger partial charge in [-0.25, -0.2) is 4.39 Å². The maximum Gasteiger partial charge on any atom is 0.155 e. The van der Waals surface area contributed by atoms with Crippen molar-refractivity contribution in [2.75, 3.05) is 0 Å². The first-order valence-corrected chi connectivity index (χ1v) is 4.40. The van der Waals surface area contributed by atoms with E-state index in [0.717, 1.165) is 6.07 Å². The number of nitrogens with zero attached hydrogens (tertiary/aromatic N) is 1. The number of fused-ring (bicyclic) bond motifs is 1. The molecular formula is C11H8FNO2. The molecule has 0 saturated heterocycles. The van der Waals surface area contributed by atoms with E-state index < -0.39 is 5.82 Å². The molecule has 4 heteroatoms. The fraction of sp³-hybridized carbons (Fsp3) is 0.182. The minimum Gasteiger partial charge on any atom is -0.460 e. The van der Waals surface area contributed by atoms with Gasteiger partial charge in [0.1, 0.15) is 23.2 Å². The number of rotatable bonds is 1. The number of nitriles is 1. The number of aryl methyl sites for hydroxylation is 1. The summed E-state index contributed by atoms with van der Waals surface area (Å²) in [6, 6.07) is 4.60. The van der Waals surface area contributed by atoms with Crippen LogP contribution in [0, 0.1) is 24.1 Å². The summed E-state index contributed by atoms with van der Waals surface area (Å²) in [6.07, 6.45) is 0. The Bertz CT molecular complexity index is 566. The lowest BCUT2D eigenvalue weighted by atomic mass is 10.1. The van der Waals surface area contributed by atoms with Crippen LogP contribution in [-0.4, -0.2) is 5.11 Å². The summed E-state index contributed by atoms with van der Waals surface area (Å²) >= 11 is 0. The van der Waals surface area contributed by atoms with Crippen molar-refractivity contribution >= 4 is 11.0 Å². The Hall–Kier alpha value is -1.86. The monoisotopic (exact) mass is 205 g/mol. The standard InChI is InChI=1S/C11H8FNO2/c1-6-2-8-7(5-14)3-10(12)9(4-13)11(8)15-6/h2-3,14H,5H2,1H3. The third-order valence-electron chi connectivity index (χ3n) is 2.25. The van der Waals surface area contributed by atoms with E-state index in [2.05, 4.69) is 0 Å². The summed E-state index contributed by atoms with van der Waals surface area (Å²) in [5.74, 6) is -0.0785. The molecule has 2 aromatic rings. The molecule has 0 radical (unpaired) electrons. The molecule has 1 aromatic carbocycles. The van der Waals surface area contributed by atoms with Crippen LogP contribution in [0.3, 0.4) is 0 Å². The minimum atomic E-state index is -0.664. The predicted octanol–water partition coefficient (Wildman–Crippen LogP) is 2.24. The van der Waals surface area contributed by atoms with Gasteiger partial charge in [0, 0.05) is 5.39 Å². The highest BCUT2D eigenvalue weighted by molar-refractivity contribution is 5.86. The summed E-state index contributed by atoms with van der Waals surface area (Å²) in [5, 5.41) is 18.4. The lowest BCUT2D eigenvalue weighted by molar-refractivity contribution is 0.282.